The Balaban J connectivity index is 1.72. The van der Waals surface area contributed by atoms with Crippen LogP contribution in [0.15, 0.2) is 55.6 Å². The average molecular weight is 680 g/mol. The molecule has 3 aliphatic heterocycles. The number of hydrogen-bond acceptors (Lipinski definition) is 7. The minimum atomic E-state index is -1.25. The van der Waals surface area contributed by atoms with E-state index in [0.29, 0.717) is 37.7 Å². The number of hydrogen-bond donors (Lipinski definition) is 2. The van der Waals surface area contributed by atoms with Gasteiger partial charge in [-0.15, -0.1) is 13.2 Å². The summed E-state index contributed by atoms with van der Waals surface area (Å²) in [5, 5.41) is 13.4. The summed E-state index contributed by atoms with van der Waals surface area (Å²) in [7, 11) is 0. The first-order chi connectivity index (χ1) is 23.1. The number of nitrogens with one attached hydrogen (secondary N) is 1. The zero-order chi connectivity index (χ0) is 36.3. The van der Waals surface area contributed by atoms with Crippen LogP contribution in [0, 0.1) is 17.3 Å². The molecule has 8 atom stereocenters. The fourth-order valence-electron chi connectivity index (χ4n) is 8.69. The van der Waals surface area contributed by atoms with Gasteiger partial charge in [-0.25, -0.2) is 0 Å². The first-order valence-corrected chi connectivity index (χ1v) is 17.8. The van der Waals surface area contributed by atoms with Crippen LogP contribution in [0.4, 0.5) is 0 Å². The summed E-state index contributed by atoms with van der Waals surface area (Å²) in [5.74, 6) is -3.36. The van der Waals surface area contributed by atoms with E-state index in [-0.39, 0.29) is 42.7 Å². The average Bonchev–Trinajstić information content (AvgIpc) is 3.68. The topological polar surface area (TPSA) is 125 Å². The van der Waals surface area contributed by atoms with Crippen molar-refractivity contribution in [2.75, 3.05) is 13.2 Å². The van der Waals surface area contributed by atoms with Crippen molar-refractivity contribution >= 4 is 23.7 Å². The Morgan fingerprint density at radius 3 is 2.41 bits per heavy atom. The van der Waals surface area contributed by atoms with Gasteiger partial charge in [-0.05, 0) is 63.9 Å². The Labute approximate surface area is 292 Å². The zero-order valence-electron chi connectivity index (χ0n) is 30.4. The maximum absolute atomic E-state index is 15.0. The fourth-order valence-corrected chi connectivity index (χ4v) is 8.69. The molecular weight excluding hydrogens is 622 g/mol. The minimum Gasteiger partial charge on any atom is -0.455 e. The van der Waals surface area contributed by atoms with Crippen LogP contribution in [0.2, 0.25) is 0 Å². The maximum Gasteiger partial charge on any atom is 0.313 e. The lowest BCUT2D eigenvalue weighted by atomic mass is 9.70. The molecule has 1 spiro atoms. The third kappa shape index (κ3) is 7.65. The molecule has 0 aromatic heterocycles. The largest absolute Gasteiger partial charge is 0.455 e. The molecule has 10 heteroatoms. The molecule has 49 heavy (non-hydrogen) atoms. The van der Waals surface area contributed by atoms with E-state index in [0.717, 1.165) is 0 Å². The van der Waals surface area contributed by atoms with E-state index < -0.39 is 59.3 Å². The van der Waals surface area contributed by atoms with Crippen LogP contribution in [0.1, 0.15) is 98.7 Å². The summed E-state index contributed by atoms with van der Waals surface area (Å²) in [6, 6.07) is 6.96. The van der Waals surface area contributed by atoms with E-state index >= 15 is 0 Å². The highest BCUT2D eigenvalue weighted by atomic mass is 16.6. The lowest BCUT2D eigenvalue weighted by molar-refractivity contribution is -0.163. The number of amides is 3. The normalized spacial score (nSPS) is 26.4. The molecule has 4 rings (SSSR count). The zero-order valence-corrected chi connectivity index (χ0v) is 30.4. The van der Waals surface area contributed by atoms with Crippen molar-refractivity contribution in [2.24, 2.45) is 17.3 Å². The Morgan fingerprint density at radius 2 is 1.84 bits per heavy atom. The molecule has 3 heterocycles. The smallest absolute Gasteiger partial charge is 0.313 e. The van der Waals surface area contributed by atoms with Crippen molar-refractivity contribution in [3.05, 3.63) is 61.2 Å². The van der Waals surface area contributed by atoms with Crippen LogP contribution in [0.25, 0.3) is 0 Å². The van der Waals surface area contributed by atoms with E-state index in [4.69, 9.17) is 9.47 Å². The summed E-state index contributed by atoms with van der Waals surface area (Å²) in [6.07, 6.45) is 4.70. The number of nitrogens with zero attached hydrogens (tertiary/aromatic N) is 2. The molecule has 1 aromatic rings. The van der Waals surface area contributed by atoms with Crippen molar-refractivity contribution < 1.29 is 33.8 Å². The molecular formula is C39H57N3O7. The molecule has 0 saturated carbocycles. The Morgan fingerprint density at radius 1 is 1.16 bits per heavy atom. The molecule has 10 nitrogen and oxygen atoms in total. The molecule has 3 fully saturated rings. The van der Waals surface area contributed by atoms with E-state index in [1.807, 2.05) is 51.1 Å². The fraction of sp³-hybridized carbons (Fsp3) is 0.641. The lowest BCUT2D eigenvalue weighted by Crippen LogP contribution is -2.62. The monoisotopic (exact) mass is 679 g/mol. The molecule has 270 valence electrons. The third-order valence-corrected chi connectivity index (χ3v) is 10.4. The Kier molecular flexibility index (Phi) is 11.9. The van der Waals surface area contributed by atoms with E-state index in [1.165, 1.54) is 4.90 Å². The number of ether oxygens (including phenoxy) is 2. The number of carbonyl (C=O) groups is 4. The van der Waals surface area contributed by atoms with Crippen molar-refractivity contribution in [2.45, 2.75) is 128 Å². The van der Waals surface area contributed by atoms with Crippen LogP contribution in [0.3, 0.4) is 0 Å². The van der Waals surface area contributed by atoms with Gasteiger partial charge < -0.3 is 29.7 Å². The van der Waals surface area contributed by atoms with Gasteiger partial charge in [-0.3, -0.25) is 19.2 Å². The van der Waals surface area contributed by atoms with Crippen molar-refractivity contribution in [3.8, 4) is 0 Å². The number of aliphatic hydroxyl groups is 1. The van der Waals surface area contributed by atoms with Gasteiger partial charge in [0.25, 0.3) is 0 Å². The Bertz CT molecular complexity index is 1380. The van der Waals surface area contributed by atoms with Gasteiger partial charge in [0.2, 0.25) is 17.7 Å². The van der Waals surface area contributed by atoms with Crippen molar-refractivity contribution in [3.63, 3.8) is 0 Å². The summed E-state index contributed by atoms with van der Waals surface area (Å²) < 4.78 is 12.9. The van der Waals surface area contributed by atoms with E-state index in [1.54, 1.807) is 24.0 Å². The quantitative estimate of drug-likeness (QED) is 0.184. The van der Waals surface area contributed by atoms with Crippen LogP contribution in [-0.4, -0.2) is 87.1 Å². The number of aliphatic hydroxyl groups excluding tert-OH is 1. The van der Waals surface area contributed by atoms with Crippen LogP contribution in [0.5, 0.6) is 0 Å². The number of fused-ring (bicyclic) bond motifs is 1. The molecule has 0 aliphatic carbocycles. The summed E-state index contributed by atoms with van der Waals surface area (Å²) in [4.78, 5) is 59.9. The van der Waals surface area contributed by atoms with E-state index in [2.05, 4.69) is 39.2 Å². The van der Waals surface area contributed by atoms with Crippen LogP contribution >= 0.6 is 0 Å². The second-order valence-electron chi connectivity index (χ2n) is 15.8. The predicted octanol–water partition coefficient (Wildman–Crippen LogP) is 5.12. The summed E-state index contributed by atoms with van der Waals surface area (Å²) in [5.41, 5.74) is -1.25. The van der Waals surface area contributed by atoms with E-state index in [9.17, 15) is 24.3 Å². The SMILES string of the molecule is C=CCCC(=O)N[C@H](C)[C@@H](OC(=O)[C@@H]1[C@H]2C(=O)N([C@@H](CC)CO)[C@H](C(=O)N(CC=C)C(C)(C)CC(C)(C)C)[C@]23CC[C@H]1O3)c1ccccc1. The standard InChI is InChI=1S/C39H57N3O7/c1-10-13-19-29(44)40-25(4)32(26-17-15-14-16-18-26)48-36(47)30-28-20-21-39(49-28)31(30)34(45)42(27(12-3)23-43)33(39)35(46)41(22-11-2)38(8,9)24-37(5,6)7/h10-11,14-18,25,27-28,30-33,43H,1-2,12-13,19-24H2,3-9H3,(H,40,44)/t25-,27+,28-,30+,31+,32-,33-,39+/m1/s1. The highest BCUT2D eigenvalue weighted by Gasteiger charge is 2.76. The van der Waals surface area contributed by atoms with Gasteiger partial charge in [0, 0.05) is 18.5 Å². The predicted molar refractivity (Wildman–Crippen MR) is 188 cm³/mol. The molecule has 0 radical (unpaired) electrons. The molecule has 2 bridgehead atoms. The molecule has 3 amide bonds. The lowest BCUT2D eigenvalue weighted by Gasteiger charge is -2.46. The Hall–Kier alpha value is -3.50. The molecule has 3 saturated heterocycles. The maximum atomic E-state index is 15.0. The summed E-state index contributed by atoms with van der Waals surface area (Å²) in [6.45, 7) is 21.6. The van der Waals surface area contributed by atoms with Gasteiger partial charge in [-0.2, -0.15) is 0 Å². The van der Waals surface area contributed by atoms with Crippen molar-refractivity contribution in [1.82, 2.24) is 15.1 Å². The van der Waals surface area contributed by atoms with Gasteiger partial charge in [0.1, 0.15) is 17.7 Å². The molecule has 3 aliphatic rings. The first-order valence-electron chi connectivity index (χ1n) is 17.8. The number of allylic oxidation sites excluding steroid dienone is 1. The first kappa shape index (κ1) is 38.3. The minimum absolute atomic E-state index is 0.0963. The van der Waals surface area contributed by atoms with Crippen LogP contribution in [-0.2, 0) is 28.7 Å². The number of likely N-dealkylation sites (tertiary alicyclic amines) is 1. The highest BCUT2D eigenvalue weighted by Crippen LogP contribution is 2.59. The number of esters is 1. The third-order valence-electron chi connectivity index (χ3n) is 10.4. The molecule has 1 aromatic carbocycles. The highest BCUT2D eigenvalue weighted by molar-refractivity contribution is 5.98. The van der Waals surface area contributed by atoms with Gasteiger partial charge in [0.15, 0.2) is 0 Å². The molecule has 2 N–H and O–H groups in total. The van der Waals surface area contributed by atoms with Gasteiger partial charge in [0.05, 0.1) is 36.6 Å². The number of benzene rings is 1. The number of rotatable bonds is 16. The second kappa shape index (κ2) is 15.2. The van der Waals surface area contributed by atoms with Gasteiger partial charge in [-0.1, -0.05) is 70.2 Å². The number of carbonyl (C=O) groups excluding carboxylic acids is 4. The van der Waals surface area contributed by atoms with Crippen LogP contribution < -0.4 is 5.32 Å². The molecule has 0 unspecified atom stereocenters. The summed E-state index contributed by atoms with van der Waals surface area (Å²) >= 11 is 0. The second-order valence-corrected chi connectivity index (χ2v) is 15.8. The van der Waals surface area contributed by atoms with Crippen molar-refractivity contribution in [1.29, 1.82) is 0 Å². The van der Waals surface area contributed by atoms with Gasteiger partial charge >= 0.3 is 5.97 Å².